The molecule has 2 rings (SSSR count). The lowest BCUT2D eigenvalue weighted by Crippen LogP contribution is -2.40. The third kappa shape index (κ3) is 4.78. The molecule has 0 aromatic heterocycles. The summed E-state index contributed by atoms with van der Waals surface area (Å²) >= 11 is 0. The number of hydrogen-bond acceptors (Lipinski definition) is 4. The average molecular weight is 282 g/mol. The van der Waals surface area contributed by atoms with E-state index in [1.165, 1.54) is 12.8 Å². The molecule has 1 amide bonds. The molecular formula is C15H26N2O3. The van der Waals surface area contributed by atoms with Crippen LogP contribution < -0.4 is 5.32 Å². The van der Waals surface area contributed by atoms with Gasteiger partial charge in [-0.25, -0.2) is 0 Å². The Balaban J connectivity index is 1.76. The first-order valence-corrected chi connectivity index (χ1v) is 7.89. The minimum atomic E-state index is -0.288. The Labute approximate surface area is 121 Å². The van der Waals surface area contributed by atoms with E-state index in [1.54, 1.807) is 11.8 Å². The second kappa shape index (κ2) is 7.62. The molecule has 1 aliphatic carbocycles. The normalized spacial score (nSPS) is 22.4. The predicted octanol–water partition coefficient (Wildman–Crippen LogP) is 1.46. The van der Waals surface area contributed by atoms with Crippen LogP contribution in [0.25, 0.3) is 0 Å². The topological polar surface area (TPSA) is 58.6 Å². The molecule has 1 saturated heterocycles. The number of esters is 1. The molecule has 1 unspecified atom stereocenters. The second-order valence-electron chi connectivity index (χ2n) is 5.74. The molecule has 1 saturated carbocycles. The Kier molecular flexibility index (Phi) is 5.83. The molecule has 0 aromatic rings. The zero-order valence-electron chi connectivity index (χ0n) is 12.4. The summed E-state index contributed by atoms with van der Waals surface area (Å²) in [6.45, 7) is 3.34. The number of carbonyl (C=O) groups excluding carboxylic acids is 2. The summed E-state index contributed by atoms with van der Waals surface area (Å²) in [5.41, 5.74) is 0. The average Bonchev–Trinajstić information content (AvgIpc) is 3.28. The molecule has 20 heavy (non-hydrogen) atoms. The molecule has 1 heterocycles. The van der Waals surface area contributed by atoms with E-state index >= 15 is 0 Å². The van der Waals surface area contributed by atoms with Crippen LogP contribution in [0.1, 0.15) is 51.9 Å². The van der Waals surface area contributed by atoms with Gasteiger partial charge in [-0.15, -0.1) is 0 Å². The third-order valence-electron chi connectivity index (χ3n) is 4.03. The molecule has 0 spiro atoms. The fourth-order valence-corrected chi connectivity index (χ4v) is 2.76. The van der Waals surface area contributed by atoms with Crippen LogP contribution in [-0.4, -0.2) is 48.6 Å². The summed E-state index contributed by atoms with van der Waals surface area (Å²) in [6.07, 6.45) is 7.11. The lowest BCUT2D eigenvalue weighted by Gasteiger charge is -2.25. The molecule has 114 valence electrons. The van der Waals surface area contributed by atoms with Gasteiger partial charge in [-0.1, -0.05) is 6.42 Å². The van der Waals surface area contributed by atoms with E-state index in [0.717, 1.165) is 32.2 Å². The van der Waals surface area contributed by atoms with Crippen molar-refractivity contribution in [2.24, 2.45) is 0 Å². The van der Waals surface area contributed by atoms with Crippen LogP contribution in [0.4, 0.5) is 0 Å². The molecule has 0 aromatic carbocycles. The van der Waals surface area contributed by atoms with Gasteiger partial charge < -0.3 is 15.0 Å². The van der Waals surface area contributed by atoms with Crippen molar-refractivity contribution in [3.63, 3.8) is 0 Å². The maximum absolute atomic E-state index is 12.3. The highest BCUT2D eigenvalue weighted by molar-refractivity contribution is 5.82. The number of rotatable bonds is 7. The van der Waals surface area contributed by atoms with Crippen molar-refractivity contribution in [2.75, 3.05) is 19.7 Å². The van der Waals surface area contributed by atoms with Crippen LogP contribution in [0.15, 0.2) is 0 Å². The minimum absolute atomic E-state index is 0.105. The molecule has 1 aliphatic heterocycles. The van der Waals surface area contributed by atoms with Crippen molar-refractivity contribution in [3.05, 3.63) is 0 Å². The van der Waals surface area contributed by atoms with Crippen molar-refractivity contribution in [1.82, 2.24) is 10.2 Å². The number of hydrogen-bond donors (Lipinski definition) is 1. The van der Waals surface area contributed by atoms with E-state index in [9.17, 15) is 9.59 Å². The summed E-state index contributed by atoms with van der Waals surface area (Å²) < 4.78 is 4.95. The predicted molar refractivity (Wildman–Crippen MR) is 76.2 cm³/mol. The number of nitrogens with zero attached hydrogens (tertiary/aromatic N) is 1. The van der Waals surface area contributed by atoms with Gasteiger partial charge in [0, 0.05) is 18.5 Å². The number of nitrogens with one attached hydrogen (secondary N) is 1. The van der Waals surface area contributed by atoms with E-state index in [4.69, 9.17) is 4.74 Å². The number of amides is 1. The van der Waals surface area contributed by atoms with E-state index in [0.29, 0.717) is 19.1 Å². The van der Waals surface area contributed by atoms with Gasteiger partial charge in [0.05, 0.1) is 6.61 Å². The van der Waals surface area contributed by atoms with Crippen LogP contribution in [0, 0.1) is 0 Å². The Hall–Kier alpha value is -1.10. The van der Waals surface area contributed by atoms with Crippen LogP contribution >= 0.6 is 0 Å². The Morgan fingerprint density at radius 1 is 1.25 bits per heavy atom. The monoisotopic (exact) mass is 282 g/mol. The number of piperidine rings is 1. The van der Waals surface area contributed by atoms with Crippen LogP contribution in [0.3, 0.4) is 0 Å². The molecule has 5 nitrogen and oxygen atoms in total. The van der Waals surface area contributed by atoms with E-state index in [1.807, 2.05) is 0 Å². The molecular weight excluding hydrogens is 256 g/mol. The highest BCUT2D eigenvalue weighted by Gasteiger charge is 2.34. The molecule has 1 N–H and O–H groups in total. The Morgan fingerprint density at radius 3 is 2.65 bits per heavy atom. The van der Waals surface area contributed by atoms with Crippen molar-refractivity contribution >= 4 is 11.9 Å². The molecule has 1 atom stereocenters. The molecule has 2 aliphatic rings. The SMILES string of the molecule is CCOC(=O)CN(C(=O)CCC1CCCCN1)C1CC1. The summed E-state index contributed by atoms with van der Waals surface area (Å²) in [4.78, 5) is 25.6. The van der Waals surface area contributed by atoms with Gasteiger partial charge in [0.15, 0.2) is 0 Å². The zero-order valence-corrected chi connectivity index (χ0v) is 12.4. The van der Waals surface area contributed by atoms with Gasteiger partial charge in [0.25, 0.3) is 0 Å². The van der Waals surface area contributed by atoms with Crippen molar-refractivity contribution < 1.29 is 14.3 Å². The van der Waals surface area contributed by atoms with Crippen LogP contribution in [0.2, 0.25) is 0 Å². The molecule has 0 bridgehead atoms. The van der Waals surface area contributed by atoms with Crippen molar-refractivity contribution in [2.45, 2.75) is 64.0 Å². The van der Waals surface area contributed by atoms with Gasteiger partial charge in [0.2, 0.25) is 5.91 Å². The maximum Gasteiger partial charge on any atom is 0.325 e. The van der Waals surface area contributed by atoms with E-state index < -0.39 is 0 Å². The van der Waals surface area contributed by atoms with E-state index in [2.05, 4.69) is 5.32 Å². The first-order chi connectivity index (χ1) is 9.70. The number of carbonyl (C=O) groups is 2. The summed E-state index contributed by atoms with van der Waals surface area (Å²) in [5.74, 6) is -0.184. The standard InChI is InChI=1S/C15H26N2O3/c1-2-20-15(19)11-17(13-7-8-13)14(18)9-6-12-5-3-4-10-16-12/h12-13,16H,2-11H2,1H3. The molecule has 0 radical (unpaired) electrons. The second-order valence-corrected chi connectivity index (χ2v) is 5.74. The Morgan fingerprint density at radius 2 is 2.05 bits per heavy atom. The quantitative estimate of drug-likeness (QED) is 0.718. The van der Waals surface area contributed by atoms with Gasteiger partial charge >= 0.3 is 5.97 Å². The molecule has 5 heteroatoms. The lowest BCUT2D eigenvalue weighted by atomic mass is 10.0. The van der Waals surface area contributed by atoms with Gasteiger partial charge in [-0.2, -0.15) is 0 Å². The number of ether oxygens (including phenoxy) is 1. The third-order valence-corrected chi connectivity index (χ3v) is 4.03. The minimum Gasteiger partial charge on any atom is -0.465 e. The van der Waals surface area contributed by atoms with Crippen LogP contribution in [-0.2, 0) is 14.3 Å². The largest absolute Gasteiger partial charge is 0.465 e. The van der Waals surface area contributed by atoms with Crippen molar-refractivity contribution in [3.8, 4) is 0 Å². The first-order valence-electron chi connectivity index (χ1n) is 7.89. The first kappa shape index (κ1) is 15.3. The van der Waals surface area contributed by atoms with Gasteiger partial charge in [-0.05, 0) is 45.6 Å². The van der Waals surface area contributed by atoms with Gasteiger partial charge in [-0.3, -0.25) is 9.59 Å². The summed E-state index contributed by atoms with van der Waals surface area (Å²) in [5, 5.41) is 3.46. The lowest BCUT2D eigenvalue weighted by molar-refractivity contribution is -0.149. The molecule has 2 fully saturated rings. The highest BCUT2D eigenvalue weighted by atomic mass is 16.5. The van der Waals surface area contributed by atoms with E-state index in [-0.39, 0.29) is 24.5 Å². The fraction of sp³-hybridized carbons (Fsp3) is 0.867. The summed E-state index contributed by atoms with van der Waals surface area (Å²) in [6, 6.07) is 0.738. The van der Waals surface area contributed by atoms with Gasteiger partial charge in [0.1, 0.15) is 6.54 Å². The van der Waals surface area contributed by atoms with Crippen LogP contribution in [0.5, 0.6) is 0 Å². The highest BCUT2D eigenvalue weighted by Crippen LogP contribution is 2.27. The fourth-order valence-electron chi connectivity index (χ4n) is 2.76. The smallest absolute Gasteiger partial charge is 0.325 e. The summed E-state index contributed by atoms with van der Waals surface area (Å²) in [7, 11) is 0. The maximum atomic E-state index is 12.3. The zero-order chi connectivity index (χ0) is 14.4. The van der Waals surface area contributed by atoms with Crippen molar-refractivity contribution in [1.29, 1.82) is 0 Å². The Bertz CT molecular complexity index is 336.